The molecular formula is C13H12F2N2. The zero-order valence-corrected chi connectivity index (χ0v) is 9.30. The van der Waals surface area contributed by atoms with Crippen molar-refractivity contribution in [3.8, 4) is 0 Å². The van der Waals surface area contributed by atoms with Gasteiger partial charge >= 0.3 is 0 Å². The third-order valence-corrected chi connectivity index (χ3v) is 2.48. The SMILES string of the molecule is Cc1cc(Nc2ccc(F)c(F)c2)ccc1N. The van der Waals surface area contributed by atoms with E-state index < -0.39 is 11.6 Å². The molecule has 0 saturated carbocycles. The smallest absolute Gasteiger partial charge is 0.160 e. The van der Waals surface area contributed by atoms with Crippen LogP contribution < -0.4 is 11.1 Å². The van der Waals surface area contributed by atoms with Crippen molar-refractivity contribution in [2.75, 3.05) is 11.1 Å². The van der Waals surface area contributed by atoms with E-state index >= 15 is 0 Å². The standard InChI is InChI=1S/C13H12F2N2/c1-8-6-9(3-5-13(8)16)17-10-2-4-11(14)12(15)7-10/h2-7,17H,16H2,1H3. The molecular weight excluding hydrogens is 222 g/mol. The van der Waals surface area contributed by atoms with Crippen molar-refractivity contribution in [1.29, 1.82) is 0 Å². The number of nitrogens with one attached hydrogen (secondary N) is 1. The maximum atomic E-state index is 13.0. The van der Waals surface area contributed by atoms with Crippen LogP contribution in [0.4, 0.5) is 25.8 Å². The molecule has 0 aliphatic carbocycles. The van der Waals surface area contributed by atoms with Crippen LogP contribution in [-0.2, 0) is 0 Å². The van der Waals surface area contributed by atoms with Crippen molar-refractivity contribution >= 4 is 17.1 Å². The van der Waals surface area contributed by atoms with Crippen LogP contribution in [0, 0.1) is 18.6 Å². The molecule has 0 radical (unpaired) electrons. The van der Waals surface area contributed by atoms with Crippen molar-refractivity contribution in [1.82, 2.24) is 0 Å². The normalized spacial score (nSPS) is 10.3. The molecule has 0 heterocycles. The molecule has 0 saturated heterocycles. The summed E-state index contributed by atoms with van der Waals surface area (Å²) < 4.78 is 25.7. The Morgan fingerprint density at radius 2 is 1.59 bits per heavy atom. The van der Waals surface area contributed by atoms with Crippen LogP contribution in [-0.4, -0.2) is 0 Å². The number of nitrogens with two attached hydrogens (primary N) is 1. The summed E-state index contributed by atoms with van der Waals surface area (Å²) >= 11 is 0. The average molecular weight is 234 g/mol. The highest BCUT2D eigenvalue weighted by Gasteiger charge is 2.03. The molecule has 0 aliphatic heterocycles. The van der Waals surface area contributed by atoms with E-state index in [4.69, 9.17) is 5.73 Å². The van der Waals surface area contributed by atoms with Gasteiger partial charge in [-0.05, 0) is 42.8 Å². The monoisotopic (exact) mass is 234 g/mol. The highest BCUT2D eigenvalue weighted by atomic mass is 19.2. The number of nitrogen functional groups attached to an aromatic ring is 1. The van der Waals surface area contributed by atoms with E-state index in [1.54, 1.807) is 12.1 Å². The van der Waals surface area contributed by atoms with E-state index in [0.717, 1.165) is 23.4 Å². The Bertz CT molecular complexity index is 504. The molecule has 0 atom stereocenters. The molecule has 0 unspecified atom stereocenters. The van der Waals surface area contributed by atoms with Crippen LogP contribution in [0.3, 0.4) is 0 Å². The number of anilines is 3. The number of halogens is 2. The van der Waals surface area contributed by atoms with Crippen LogP contribution in [0.1, 0.15) is 5.56 Å². The van der Waals surface area contributed by atoms with Gasteiger partial charge in [0.2, 0.25) is 0 Å². The van der Waals surface area contributed by atoms with Crippen molar-refractivity contribution < 1.29 is 8.78 Å². The lowest BCUT2D eigenvalue weighted by atomic mass is 10.2. The lowest BCUT2D eigenvalue weighted by molar-refractivity contribution is 0.509. The fourth-order valence-electron chi connectivity index (χ4n) is 1.49. The summed E-state index contributed by atoms with van der Waals surface area (Å²) in [5.41, 5.74) is 8.59. The minimum absolute atomic E-state index is 0.494. The van der Waals surface area contributed by atoms with Gasteiger partial charge in [0.1, 0.15) is 0 Å². The van der Waals surface area contributed by atoms with Gasteiger partial charge in [-0.3, -0.25) is 0 Å². The van der Waals surface area contributed by atoms with E-state index in [1.807, 2.05) is 13.0 Å². The summed E-state index contributed by atoms with van der Waals surface area (Å²) in [6, 6.07) is 9.06. The van der Waals surface area contributed by atoms with Crippen molar-refractivity contribution in [2.24, 2.45) is 0 Å². The minimum Gasteiger partial charge on any atom is -0.399 e. The lowest BCUT2D eigenvalue weighted by Gasteiger charge is -2.08. The molecule has 0 amide bonds. The zero-order chi connectivity index (χ0) is 12.4. The molecule has 0 fully saturated rings. The summed E-state index contributed by atoms with van der Waals surface area (Å²) in [7, 11) is 0. The summed E-state index contributed by atoms with van der Waals surface area (Å²) in [4.78, 5) is 0. The Kier molecular flexibility index (Phi) is 2.95. The van der Waals surface area contributed by atoms with E-state index in [-0.39, 0.29) is 0 Å². The number of benzene rings is 2. The highest BCUT2D eigenvalue weighted by molar-refractivity contribution is 5.64. The molecule has 88 valence electrons. The van der Waals surface area contributed by atoms with Crippen LogP contribution in [0.15, 0.2) is 36.4 Å². The van der Waals surface area contributed by atoms with Gasteiger partial charge in [-0.25, -0.2) is 8.78 Å². The highest BCUT2D eigenvalue weighted by Crippen LogP contribution is 2.22. The van der Waals surface area contributed by atoms with Gasteiger partial charge in [0.25, 0.3) is 0 Å². The van der Waals surface area contributed by atoms with Crippen molar-refractivity contribution in [3.63, 3.8) is 0 Å². The third kappa shape index (κ3) is 2.53. The first kappa shape index (κ1) is 11.4. The predicted octanol–water partition coefficient (Wildman–Crippen LogP) is 3.60. The first-order valence-corrected chi connectivity index (χ1v) is 5.14. The van der Waals surface area contributed by atoms with Gasteiger partial charge in [0, 0.05) is 23.1 Å². The van der Waals surface area contributed by atoms with Crippen molar-refractivity contribution in [3.05, 3.63) is 53.6 Å². The topological polar surface area (TPSA) is 38.0 Å². The Morgan fingerprint density at radius 3 is 2.24 bits per heavy atom. The van der Waals surface area contributed by atoms with Crippen LogP contribution in [0.5, 0.6) is 0 Å². The molecule has 2 nitrogen and oxygen atoms in total. The van der Waals surface area contributed by atoms with E-state index in [0.29, 0.717) is 11.4 Å². The van der Waals surface area contributed by atoms with Gasteiger partial charge in [-0.1, -0.05) is 0 Å². The van der Waals surface area contributed by atoms with E-state index in [2.05, 4.69) is 5.32 Å². The van der Waals surface area contributed by atoms with Gasteiger partial charge in [0.05, 0.1) is 0 Å². The Morgan fingerprint density at radius 1 is 0.941 bits per heavy atom. The quantitative estimate of drug-likeness (QED) is 0.779. The molecule has 0 aromatic heterocycles. The average Bonchev–Trinajstić information content (AvgIpc) is 2.29. The summed E-state index contributed by atoms with van der Waals surface area (Å²) in [6.07, 6.45) is 0. The molecule has 3 N–H and O–H groups in total. The largest absolute Gasteiger partial charge is 0.399 e. The third-order valence-electron chi connectivity index (χ3n) is 2.48. The Hall–Kier alpha value is -2.10. The number of hydrogen-bond donors (Lipinski definition) is 2. The second kappa shape index (κ2) is 4.41. The maximum Gasteiger partial charge on any atom is 0.160 e. The summed E-state index contributed by atoms with van der Waals surface area (Å²) in [5, 5.41) is 2.98. The molecule has 0 bridgehead atoms. The molecule has 2 aromatic rings. The van der Waals surface area contributed by atoms with Gasteiger partial charge < -0.3 is 11.1 Å². The molecule has 17 heavy (non-hydrogen) atoms. The van der Waals surface area contributed by atoms with Crippen LogP contribution in [0.25, 0.3) is 0 Å². The molecule has 2 aromatic carbocycles. The second-order valence-electron chi connectivity index (χ2n) is 3.83. The fourth-order valence-corrected chi connectivity index (χ4v) is 1.49. The van der Waals surface area contributed by atoms with Gasteiger partial charge in [0.15, 0.2) is 11.6 Å². The fraction of sp³-hybridized carbons (Fsp3) is 0.0769. The molecule has 0 spiro atoms. The first-order valence-electron chi connectivity index (χ1n) is 5.14. The number of rotatable bonds is 2. The predicted molar refractivity (Wildman–Crippen MR) is 65.2 cm³/mol. The molecule has 2 rings (SSSR count). The number of aryl methyl sites for hydroxylation is 1. The maximum absolute atomic E-state index is 13.0. The van der Waals surface area contributed by atoms with Gasteiger partial charge in [-0.2, -0.15) is 0 Å². The lowest BCUT2D eigenvalue weighted by Crippen LogP contribution is -1.95. The summed E-state index contributed by atoms with van der Waals surface area (Å²) in [6.45, 7) is 1.88. The molecule has 4 heteroatoms. The second-order valence-corrected chi connectivity index (χ2v) is 3.83. The minimum atomic E-state index is -0.873. The first-order chi connectivity index (χ1) is 8.06. The Labute approximate surface area is 98.1 Å². The zero-order valence-electron chi connectivity index (χ0n) is 9.30. The van der Waals surface area contributed by atoms with Crippen molar-refractivity contribution in [2.45, 2.75) is 6.92 Å². The van der Waals surface area contributed by atoms with E-state index in [1.165, 1.54) is 6.07 Å². The summed E-state index contributed by atoms with van der Waals surface area (Å²) in [5.74, 6) is -1.73. The number of hydrogen-bond acceptors (Lipinski definition) is 2. The van der Waals surface area contributed by atoms with Gasteiger partial charge in [-0.15, -0.1) is 0 Å². The van der Waals surface area contributed by atoms with Crippen LogP contribution in [0.2, 0.25) is 0 Å². The van der Waals surface area contributed by atoms with Crippen LogP contribution >= 0.6 is 0 Å². The van der Waals surface area contributed by atoms with E-state index in [9.17, 15) is 8.78 Å². The Balaban J connectivity index is 2.25. The molecule has 0 aliphatic rings.